The lowest BCUT2D eigenvalue weighted by atomic mass is 9.92. The third kappa shape index (κ3) is 4.78. The van der Waals surface area contributed by atoms with Crippen molar-refractivity contribution >= 4 is 44.7 Å². The Labute approximate surface area is 195 Å². The first-order valence-corrected chi connectivity index (χ1v) is 12.6. The molecule has 2 heterocycles. The number of ether oxygens (including phenoxy) is 1. The molecule has 0 N–H and O–H groups in total. The van der Waals surface area contributed by atoms with Crippen molar-refractivity contribution in [3.63, 3.8) is 0 Å². The minimum atomic E-state index is -3.77. The number of esters is 1. The lowest BCUT2D eigenvalue weighted by Gasteiger charge is -2.35. The normalized spacial score (nSPS) is 16.3. The smallest absolute Gasteiger partial charge is 0.308 e. The molecule has 0 fully saturated rings. The molecule has 0 bridgehead atoms. The van der Waals surface area contributed by atoms with Crippen LogP contribution in [0.2, 0.25) is 5.02 Å². The van der Waals surface area contributed by atoms with Crippen LogP contribution in [0.15, 0.2) is 70.3 Å². The van der Waals surface area contributed by atoms with Gasteiger partial charge in [0.25, 0.3) is 10.0 Å². The van der Waals surface area contributed by atoms with E-state index in [1.807, 2.05) is 24.3 Å². The Morgan fingerprint density at radius 1 is 1.09 bits per heavy atom. The second-order valence-corrected chi connectivity index (χ2v) is 10.8. The molecule has 32 heavy (non-hydrogen) atoms. The number of halogens is 1. The molecule has 0 saturated heterocycles. The fourth-order valence-electron chi connectivity index (χ4n) is 3.76. The van der Waals surface area contributed by atoms with Gasteiger partial charge in [-0.05, 0) is 41.1 Å². The SMILES string of the molecule is O=C(C[C@@H]1c2ccccc2CCN1S(=O)(=O)c1cccs1)OCC(=O)c1cccc(Cl)c1. The van der Waals surface area contributed by atoms with Crippen LogP contribution in [0.3, 0.4) is 0 Å². The van der Waals surface area contributed by atoms with Crippen molar-refractivity contribution in [2.24, 2.45) is 0 Å². The first-order chi connectivity index (χ1) is 15.4. The lowest BCUT2D eigenvalue weighted by Crippen LogP contribution is -2.41. The largest absolute Gasteiger partial charge is 0.457 e. The summed E-state index contributed by atoms with van der Waals surface area (Å²) < 4.78 is 33.3. The van der Waals surface area contributed by atoms with Gasteiger partial charge in [-0.2, -0.15) is 4.31 Å². The van der Waals surface area contributed by atoms with Crippen molar-refractivity contribution < 1.29 is 22.7 Å². The van der Waals surface area contributed by atoms with E-state index in [1.165, 1.54) is 10.4 Å². The number of ketones is 1. The second-order valence-electron chi connectivity index (χ2n) is 7.31. The molecule has 1 atom stereocenters. The van der Waals surface area contributed by atoms with Crippen LogP contribution in [-0.2, 0) is 26.0 Å². The van der Waals surface area contributed by atoms with E-state index in [4.69, 9.17) is 16.3 Å². The van der Waals surface area contributed by atoms with E-state index in [-0.39, 0.29) is 23.0 Å². The van der Waals surface area contributed by atoms with Gasteiger partial charge in [-0.1, -0.05) is 54.1 Å². The van der Waals surface area contributed by atoms with E-state index in [2.05, 4.69) is 0 Å². The van der Waals surface area contributed by atoms with Crippen molar-refractivity contribution in [3.8, 4) is 0 Å². The fraction of sp³-hybridized carbons (Fsp3) is 0.217. The van der Waals surface area contributed by atoms with Crippen molar-refractivity contribution in [2.45, 2.75) is 23.1 Å². The fourth-order valence-corrected chi connectivity index (χ4v) is 6.68. The zero-order chi connectivity index (χ0) is 22.7. The molecule has 9 heteroatoms. The van der Waals surface area contributed by atoms with Gasteiger partial charge in [0.1, 0.15) is 4.21 Å². The third-order valence-corrected chi connectivity index (χ3v) is 8.81. The maximum Gasteiger partial charge on any atom is 0.308 e. The van der Waals surface area contributed by atoms with Crippen LogP contribution < -0.4 is 0 Å². The summed E-state index contributed by atoms with van der Waals surface area (Å²) in [6.07, 6.45) is 0.365. The summed E-state index contributed by atoms with van der Waals surface area (Å²) in [5.41, 5.74) is 2.12. The van der Waals surface area contributed by atoms with Crippen LogP contribution in [0.4, 0.5) is 0 Å². The van der Waals surface area contributed by atoms with E-state index < -0.39 is 28.6 Å². The molecule has 4 rings (SSSR count). The highest BCUT2D eigenvalue weighted by Gasteiger charge is 2.38. The van der Waals surface area contributed by atoms with Crippen molar-refractivity contribution in [3.05, 3.63) is 87.8 Å². The topological polar surface area (TPSA) is 80.8 Å². The summed E-state index contributed by atoms with van der Waals surface area (Å²) >= 11 is 7.05. The highest BCUT2D eigenvalue weighted by Crippen LogP contribution is 2.37. The van der Waals surface area contributed by atoms with Crippen molar-refractivity contribution in [1.29, 1.82) is 0 Å². The van der Waals surface area contributed by atoms with E-state index >= 15 is 0 Å². The number of nitrogens with zero attached hydrogens (tertiary/aromatic N) is 1. The molecule has 1 aromatic heterocycles. The summed E-state index contributed by atoms with van der Waals surface area (Å²) in [6, 6.07) is 16.4. The number of hydrogen-bond acceptors (Lipinski definition) is 6. The molecule has 0 spiro atoms. The highest BCUT2D eigenvalue weighted by molar-refractivity contribution is 7.91. The molecule has 3 aromatic rings. The summed E-state index contributed by atoms with van der Waals surface area (Å²) in [4.78, 5) is 25.0. The number of benzene rings is 2. The number of Topliss-reactive ketones (excluding diaryl/α,β-unsaturated/α-hetero) is 1. The summed E-state index contributed by atoms with van der Waals surface area (Å²) in [7, 11) is -3.77. The van der Waals surface area contributed by atoms with Gasteiger partial charge in [0.2, 0.25) is 0 Å². The number of fused-ring (bicyclic) bond motifs is 1. The molecule has 0 radical (unpaired) electrons. The Bertz CT molecular complexity index is 1240. The number of hydrogen-bond donors (Lipinski definition) is 0. The van der Waals surface area contributed by atoms with Crippen LogP contribution >= 0.6 is 22.9 Å². The van der Waals surface area contributed by atoms with Gasteiger partial charge in [0.15, 0.2) is 12.4 Å². The quantitative estimate of drug-likeness (QED) is 0.360. The minimum absolute atomic E-state index is 0.190. The van der Waals surface area contributed by atoms with Crippen molar-refractivity contribution in [1.82, 2.24) is 4.31 Å². The maximum absolute atomic E-state index is 13.3. The monoisotopic (exact) mass is 489 g/mol. The average molecular weight is 490 g/mol. The third-order valence-electron chi connectivity index (χ3n) is 5.29. The van der Waals surface area contributed by atoms with Crippen LogP contribution in [0.25, 0.3) is 0 Å². The standard InChI is InChI=1S/C23H20ClNO5S2/c24-18-7-3-6-17(13-18)21(26)15-30-22(27)14-20-19-8-2-1-5-16(19)10-11-25(20)32(28,29)23-9-4-12-31-23/h1-9,12-13,20H,10-11,14-15H2/t20-/m1/s1. The van der Waals surface area contributed by atoms with E-state index in [0.717, 1.165) is 22.5 Å². The number of carbonyl (C=O) groups excluding carboxylic acids is 2. The molecule has 6 nitrogen and oxygen atoms in total. The summed E-state index contributed by atoms with van der Waals surface area (Å²) in [5.74, 6) is -1.03. The summed E-state index contributed by atoms with van der Waals surface area (Å²) in [6.45, 7) is -0.179. The zero-order valence-corrected chi connectivity index (χ0v) is 19.3. The predicted molar refractivity (Wildman–Crippen MR) is 122 cm³/mol. The molecule has 0 saturated carbocycles. The molecule has 0 amide bonds. The minimum Gasteiger partial charge on any atom is -0.457 e. The molecular weight excluding hydrogens is 470 g/mol. The molecule has 0 aliphatic carbocycles. The molecular formula is C23H20ClNO5S2. The zero-order valence-electron chi connectivity index (χ0n) is 16.9. The molecule has 1 aliphatic heterocycles. The van der Waals surface area contributed by atoms with Crippen LogP contribution in [-0.4, -0.2) is 37.6 Å². The molecule has 1 aliphatic rings. The van der Waals surface area contributed by atoms with E-state index in [1.54, 1.807) is 35.7 Å². The Morgan fingerprint density at radius 2 is 1.91 bits per heavy atom. The first-order valence-electron chi connectivity index (χ1n) is 9.94. The van der Waals surface area contributed by atoms with Crippen LogP contribution in [0.1, 0.15) is 33.9 Å². The van der Waals surface area contributed by atoms with E-state index in [0.29, 0.717) is 17.0 Å². The first kappa shape index (κ1) is 22.7. The van der Waals surface area contributed by atoms with Crippen LogP contribution in [0, 0.1) is 0 Å². The maximum atomic E-state index is 13.3. The number of thiophene rings is 1. The second kappa shape index (κ2) is 9.54. The van der Waals surface area contributed by atoms with E-state index in [9.17, 15) is 18.0 Å². The Kier molecular flexibility index (Phi) is 6.76. The number of sulfonamides is 1. The van der Waals surface area contributed by atoms with Gasteiger partial charge in [-0.25, -0.2) is 8.42 Å². The van der Waals surface area contributed by atoms with Gasteiger partial charge in [-0.3, -0.25) is 9.59 Å². The van der Waals surface area contributed by atoms with Gasteiger partial charge < -0.3 is 4.74 Å². The van der Waals surface area contributed by atoms with Crippen molar-refractivity contribution in [2.75, 3.05) is 13.2 Å². The van der Waals surface area contributed by atoms with Gasteiger partial charge in [0, 0.05) is 17.1 Å². The van der Waals surface area contributed by atoms with Gasteiger partial charge in [-0.15, -0.1) is 11.3 Å². The van der Waals surface area contributed by atoms with Crippen LogP contribution in [0.5, 0.6) is 0 Å². The number of rotatable bonds is 7. The predicted octanol–water partition coefficient (Wildman–Crippen LogP) is 4.51. The Morgan fingerprint density at radius 3 is 2.66 bits per heavy atom. The Balaban J connectivity index is 1.53. The molecule has 0 unspecified atom stereocenters. The average Bonchev–Trinajstić information content (AvgIpc) is 3.33. The molecule has 166 valence electrons. The lowest BCUT2D eigenvalue weighted by molar-refractivity contribution is -0.143. The summed E-state index contributed by atoms with van der Waals surface area (Å²) in [5, 5.41) is 2.12. The van der Waals surface area contributed by atoms with Gasteiger partial charge in [0.05, 0.1) is 12.5 Å². The molecule has 2 aromatic carbocycles. The van der Waals surface area contributed by atoms with Gasteiger partial charge >= 0.3 is 5.97 Å². The highest BCUT2D eigenvalue weighted by atomic mass is 35.5. The number of carbonyl (C=O) groups is 2. The Hall–Kier alpha value is -2.52.